The van der Waals surface area contributed by atoms with Crippen molar-refractivity contribution in [3.63, 3.8) is 0 Å². The number of halogens is 1. The third kappa shape index (κ3) is 7.80. The number of benzene rings is 3. The number of hydrogen-bond acceptors (Lipinski definition) is 5. The van der Waals surface area contributed by atoms with Crippen LogP contribution in [0.25, 0.3) is 0 Å². The van der Waals surface area contributed by atoms with Gasteiger partial charge in [0, 0.05) is 43.3 Å². The van der Waals surface area contributed by atoms with Crippen molar-refractivity contribution in [2.45, 2.75) is 82.7 Å². The summed E-state index contributed by atoms with van der Waals surface area (Å²) >= 11 is 0. The van der Waals surface area contributed by atoms with Crippen molar-refractivity contribution in [1.29, 1.82) is 0 Å². The third-order valence-electron chi connectivity index (χ3n) is 9.02. The van der Waals surface area contributed by atoms with E-state index >= 15 is 0 Å². The number of methoxy groups -OCH3 is 1. The van der Waals surface area contributed by atoms with Crippen LogP contribution in [0.4, 0.5) is 4.39 Å². The molecule has 43 heavy (non-hydrogen) atoms. The van der Waals surface area contributed by atoms with Crippen LogP contribution in [0.3, 0.4) is 0 Å². The molecule has 3 N–H and O–H groups in total. The molecule has 0 radical (unpaired) electrons. The second-order valence-electron chi connectivity index (χ2n) is 12.0. The van der Waals surface area contributed by atoms with Crippen molar-refractivity contribution >= 4 is 11.8 Å². The Kier molecular flexibility index (Phi) is 10.1. The van der Waals surface area contributed by atoms with Crippen molar-refractivity contribution in [3.05, 3.63) is 101 Å². The molecule has 1 saturated heterocycles. The van der Waals surface area contributed by atoms with Crippen molar-refractivity contribution < 1.29 is 18.7 Å². The van der Waals surface area contributed by atoms with Gasteiger partial charge < -0.3 is 20.7 Å². The van der Waals surface area contributed by atoms with Gasteiger partial charge in [0.1, 0.15) is 17.6 Å². The highest BCUT2D eigenvalue weighted by Gasteiger charge is 2.39. The molecule has 228 valence electrons. The lowest BCUT2D eigenvalue weighted by Crippen LogP contribution is -2.58. The van der Waals surface area contributed by atoms with Crippen molar-refractivity contribution in [2.75, 3.05) is 13.7 Å². The van der Waals surface area contributed by atoms with Gasteiger partial charge in [-0.15, -0.1) is 0 Å². The number of nitrogens with one attached hydrogen (secondary N) is 1. The number of rotatable bonds is 9. The summed E-state index contributed by atoms with van der Waals surface area (Å²) in [5, 5.41) is 3.25. The second-order valence-corrected chi connectivity index (χ2v) is 12.0. The van der Waals surface area contributed by atoms with Crippen molar-refractivity contribution in [2.24, 2.45) is 5.73 Å². The molecule has 2 atom stereocenters. The van der Waals surface area contributed by atoms with E-state index in [-0.39, 0.29) is 29.9 Å². The summed E-state index contributed by atoms with van der Waals surface area (Å²) in [6, 6.07) is 21.7. The first-order valence-corrected chi connectivity index (χ1v) is 15.3. The number of amides is 2. The number of piperidine rings is 1. The molecule has 0 bridgehead atoms. The van der Waals surface area contributed by atoms with E-state index in [1.807, 2.05) is 18.2 Å². The van der Waals surface area contributed by atoms with E-state index in [0.717, 1.165) is 43.5 Å². The predicted octanol–water partition coefficient (Wildman–Crippen LogP) is 5.20. The number of likely N-dealkylation sites (tertiary alicyclic amines) is 1. The fourth-order valence-corrected chi connectivity index (χ4v) is 6.41. The highest BCUT2D eigenvalue weighted by atomic mass is 19.1. The minimum Gasteiger partial charge on any atom is -0.497 e. The predicted molar refractivity (Wildman–Crippen MR) is 166 cm³/mol. The van der Waals surface area contributed by atoms with Crippen molar-refractivity contribution in [3.8, 4) is 5.75 Å². The Morgan fingerprint density at radius 2 is 1.72 bits per heavy atom. The van der Waals surface area contributed by atoms with E-state index in [1.165, 1.54) is 35.4 Å². The zero-order chi connectivity index (χ0) is 30.3. The molecule has 1 aliphatic carbocycles. The molecule has 8 heteroatoms. The number of nitrogens with zero attached hydrogens (tertiary/aromatic N) is 2. The third-order valence-corrected chi connectivity index (χ3v) is 9.02. The minimum absolute atomic E-state index is 0.0512. The monoisotopic (exact) mass is 586 g/mol. The van der Waals surface area contributed by atoms with Gasteiger partial charge in [-0.1, -0.05) is 36.4 Å². The first-order valence-electron chi connectivity index (χ1n) is 15.3. The first-order chi connectivity index (χ1) is 20.8. The Morgan fingerprint density at radius 1 is 0.977 bits per heavy atom. The largest absolute Gasteiger partial charge is 0.497 e. The molecular formula is C35H43FN4O3. The SMILES string of the molecule is COc1cccc(CN(Cc2ccccc2C)C2CCN(C(=O)c3ccc(F)cc3)[C@@H](C(=O)NC3CCC(N)CC3)C2)c1. The number of carbonyl (C=O) groups is 2. The fraction of sp³-hybridized carbons (Fsp3) is 0.429. The van der Waals surface area contributed by atoms with E-state index in [1.54, 1.807) is 12.0 Å². The summed E-state index contributed by atoms with van der Waals surface area (Å²) < 4.78 is 19.1. The Hall–Kier alpha value is -3.75. The molecule has 2 fully saturated rings. The van der Waals surface area contributed by atoms with Crippen LogP contribution in [0.5, 0.6) is 5.75 Å². The number of nitrogens with two attached hydrogens (primary N) is 1. The fourth-order valence-electron chi connectivity index (χ4n) is 6.41. The van der Waals surface area contributed by atoms with Gasteiger partial charge in [-0.2, -0.15) is 0 Å². The summed E-state index contributed by atoms with van der Waals surface area (Å²) in [5.74, 6) is 0.0299. The lowest BCUT2D eigenvalue weighted by molar-refractivity contribution is -0.128. The average Bonchev–Trinajstić information content (AvgIpc) is 3.02. The summed E-state index contributed by atoms with van der Waals surface area (Å²) in [5.41, 5.74) is 10.1. The summed E-state index contributed by atoms with van der Waals surface area (Å²) in [7, 11) is 1.67. The molecule has 0 spiro atoms. The maximum atomic E-state index is 13.9. The average molecular weight is 587 g/mol. The van der Waals surface area contributed by atoms with Crippen LogP contribution in [0.15, 0.2) is 72.8 Å². The highest BCUT2D eigenvalue weighted by molar-refractivity contribution is 5.97. The smallest absolute Gasteiger partial charge is 0.254 e. The van der Waals surface area contributed by atoms with Gasteiger partial charge in [-0.25, -0.2) is 4.39 Å². The van der Waals surface area contributed by atoms with Crippen LogP contribution >= 0.6 is 0 Å². The van der Waals surface area contributed by atoms with Gasteiger partial charge in [0.2, 0.25) is 5.91 Å². The molecule has 1 aliphatic heterocycles. The standard InChI is InChI=1S/C35H43FN4O3/c1-24-6-3-4-8-27(24)23-39(22-25-7-5-9-32(20-25)43-2)31-18-19-40(35(42)26-10-12-28(36)13-11-26)33(21-31)34(41)38-30-16-14-29(37)15-17-30/h3-13,20,29-31,33H,14-19,21-23,37H2,1-2H3,(H,38,41)/t29?,30?,31?,33-/m1/s1. The summed E-state index contributed by atoms with van der Waals surface area (Å²) in [6.07, 6.45) is 4.64. The molecule has 5 rings (SSSR count). The Bertz CT molecular complexity index is 1390. The van der Waals surface area contributed by atoms with Gasteiger partial charge in [-0.3, -0.25) is 14.5 Å². The highest BCUT2D eigenvalue weighted by Crippen LogP contribution is 2.29. The minimum atomic E-state index is -0.642. The molecule has 1 unspecified atom stereocenters. The van der Waals surface area contributed by atoms with Crippen LogP contribution < -0.4 is 15.8 Å². The summed E-state index contributed by atoms with van der Waals surface area (Å²) in [4.78, 5) is 31.8. The number of carbonyl (C=O) groups excluding carboxylic acids is 2. The molecule has 0 aromatic heterocycles. The number of aryl methyl sites for hydroxylation is 1. The van der Waals surface area contributed by atoms with Gasteiger partial charge in [0.05, 0.1) is 7.11 Å². The number of hydrogen-bond donors (Lipinski definition) is 2. The van der Waals surface area contributed by atoms with Crippen LogP contribution in [0, 0.1) is 12.7 Å². The second kappa shape index (κ2) is 14.1. The van der Waals surface area contributed by atoms with Crippen LogP contribution in [-0.4, -0.2) is 59.4 Å². The van der Waals surface area contributed by atoms with E-state index < -0.39 is 11.9 Å². The zero-order valence-corrected chi connectivity index (χ0v) is 25.2. The molecule has 1 heterocycles. The molecule has 3 aromatic rings. The van der Waals surface area contributed by atoms with Crippen LogP contribution in [-0.2, 0) is 17.9 Å². The van der Waals surface area contributed by atoms with Crippen molar-refractivity contribution in [1.82, 2.24) is 15.1 Å². The quantitative estimate of drug-likeness (QED) is 0.360. The molecular weight excluding hydrogens is 543 g/mol. The summed E-state index contributed by atoms with van der Waals surface area (Å²) in [6.45, 7) is 3.94. The first kappa shape index (κ1) is 30.7. The topological polar surface area (TPSA) is 87.9 Å². The molecule has 7 nitrogen and oxygen atoms in total. The molecule has 3 aromatic carbocycles. The lowest BCUT2D eigenvalue weighted by Gasteiger charge is -2.43. The van der Waals surface area contributed by atoms with E-state index in [9.17, 15) is 14.0 Å². The lowest BCUT2D eigenvalue weighted by atomic mass is 9.90. The van der Waals surface area contributed by atoms with E-state index in [4.69, 9.17) is 10.5 Å². The van der Waals surface area contributed by atoms with Gasteiger partial charge in [0.25, 0.3) is 5.91 Å². The molecule has 2 amide bonds. The van der Waals surface area contributed by atoms with E-state index in [2.05, 4.69) is 47.5 Å². The molecule has 1 saturated carbocycles. The van der Waals surface area contributed by atoms with Crippen LogP contribution in [0.1, 0.15) is 65.6 Å². The van der Waals surface area contributed by atoms with Gasteiger partial charge >= 0.3 is 0 Å². The Morgan fingerprint density at radius 3 is 2.44 bits per heavy atom. The maximum absolute atomic E-state index is 13.9. The van der Waals surface area contributed by atoms with Gasteiger partial charge in [-0.05, 0) is 98.5 Å². The van der Waals surface area contributed by atoms with Crippen LogP contribution in [0.2, 0.25) is 0 Å². The number of ether oxygens (including phenoxy) is 1. The Balaban J connectivity index is 1.42. The maximum Gasteiger partial charge on any atom is 0.254 e. The van der Waals surface area contributed by atoms with E-state index in [0.29, 0.717) is 31.5 Å². The Labute approximate surface area is 254 Å². The van der Waals surface area contributed by atoms with Gasteiger partial charge in [0.15, 0.2) is 0 Å². The molecule has 2 aliphatic rings. The zero-order valence-electron chi connectivity index (χ0n) is 25.2. The normalized spacial score (nSPS) is 22.3.